The molecule has 1 atom stereocenters. The van der Waals surface area contributed by atoms with Gasteiger partial charge in [-0.1, -0.05) is 31.2 Å². The average Bonchev–Trinajstić information content (AvgIpc) is 2.98. The zero-order valence-corrected chi connectivity index (χ0v) is 11.3. The minimum absolute atomic E-state index is 0.0615. The highest BCUT2D eigenvalue weighted by molar-refractivity contribution is 5.79. The van der Waals surface area contributed by atoms with Gasteiger partial charge in [0.05, 0.1) is 11.4 Å². The standard InChI is InChI=1S/C17H16N2/c1-11(2)16(3)10-17(16)12-6-4-8-18-14(12)15-13(17)7-5-9-19-15/h4-9H,1,10H2,2-3H3. The van der Waals surface area contributed by atoms with Crippen molar-refractivity contribution in [2.24, 2.45) is 5.41 Å². The summed E-state index contributed by atoms with van der Waals surface area (Å²) in [6, 6.07) is 8.48. The summed E-state index contributed by atoms with van der Waals surface area (Å²) in [5, 5.41) is 0. The second-order valence-electron chi connectivity index (χ2n) is 5.99. The van der Waals surface area contributed by atoms with E-state index in [1.165, 1.54) is 16.7 Å². The summed E-state index contributed by atoms with van der Waals surface area (Å²) >= 11 is 0. The van der Waals surface area contributed by atoms with E-state index in [-0.39, 0.29) is 10.8 Å². The second-order valence-corrected chi connectivity index (χ2v) is 5.99. The molecule has 94 valence electrons. The molecule has 4 rings (SSSR count). The van der Waals surface area contributed by atoms with Gasteiger partial charge in [0.1, 0.15) is 0 Å². The van der Waals surface area contributed by atoms with Crippen LogP contribution >= 0.6 is 0 Å². The number of hydrogen-bond acceptors (Lipinski definition) is 2. The van der Waals surface area contributed by atoms with Gasteiger partial charge in [-0.05, 0) is 36.6 Å². The minimum atomic E-state index is 0.0615. The largest absolute Gasteiger partial charge is 0.254 e. The van der Waals surface area contributed by atoms with E-state index in [1.54, 1.807) is 0 Å². The summed E-state index contributed by atoms with van der Waals surface area (Å²) < 4.78 is 0. The van der Waals surface area contributed by atoms with E-state index in [4.69, 9.17) is 0 Å². The zero-order chi connectivity index (χ0) is 13.3. The summed E-state index contributed by atoms with van der Waals surface area (Å²) in [4.78, 5) is 9.14. The topological polar surface area (TPSA) is 25.8 Å². The molecule has 1 unspecified atom stereocenters. The molecule has 2 aliphatic rings. The molecular weight excluding hydrogens is 232 g/mol. The maximum absolute atomic E-state index is 4.57. The summed E-state index contributed by atoms with van der Waals surface area (Å²) in [6.07, 6.45) is 4.83. The third-order valence-electron chi connectivity index (χ3n) is 5.14. The lowest BCUT2D eigenvalue weighted by Crippen LogP contribution is -2.16. The van der Waals surface area contributed by atoms with Crippen LogP contribution in [0.15, 0.2) is 48.8 Å². The van der Waals surface area contributed by atoms with Gasteiger partial charge in [-0.15, -0.1) is 0 Å². The van der Waals surface area contributed by atoms with Crippen LogP contribution in [0.3, 0.4) is 0 Å². The highest BCUT2D eigenvalue weighted by atomic mass is 14.8. The fourth-order valence-electron chi connectivity index (χ4n) is 3.81. The van der Waals surface area contributed by atoms with Crippen molar-refractivity contribution in [2.45, 2.75) is 25.7 Å². The number of aromatic nitrogens is 2. The third kappa shape index (κ3) is 1.04. The predicted molar refractivity (Wildman–Crippen MR) is 75.8 cm³/mol. The monoisotopic (exact) mass is 248 g/mol. The minimum Gasteiger partial charge on any atom is -0.254 e. The number of hydrogen-bond donors (Lipinski definition) is 0. The Labute approximate surface area is 113 Å². The van der Waals surface area contributed by atoms with Crippen molar-refractivity contribution in [3.05, 3.63) is 59.9 Å². The molecule has 0 radical (unpaired) electrons. The first-order valence-electron chi connectivity index (χ1n) is 6.68. The van der Waals surface area contributed by atoms with Gasteiger partial charge in [0.25, 0.3) is 0 Å². The first kappa shape index (κ1) is 10.9. The Kier molecular flexibility index (Phi) is 1.80. The fraction of sp³-hybridized carbons (Fsp3) is 0.294. The molecular formula is C17H16N2. The Morgan fingerprint density at radius 2 is 1.63 bits per heavy atom. The molecule has 1 saturated carbocycles. The quantitative estimate of drug-likeness (QED) is 0.719. The van der Waals surface area contributed by atoms with Crippen molar-refractivity contribution < 1.29 is 0 Å². The van der Waals surface area contributed by atoms with Gasteiger partial charge in [-0.25, -0.2) is 0 Å². The lowest BCUT2D eigenvalue weighted by Gasteiger charge is -2.20. The molecule has 0 N–H and O–H groups in total. The van der Waals surface area contributed by atoms with Crippen LogP contribution in [0.25, 0.3) is 11.4 Å². The number of rotatable bonds is 1. The van der Waals surface area contributed by atoms with Gasteiger partial charge in [0.15, 0.2) is 0 Å². The number of nitrogens with zero attached hydrogens (tertiary/aromatic N) is 2. The number of pyridine rings is 2. The summed E-state index contributed by atoms with van der Waals surface area (Å²) in [5.74, 6) is 0. The van der Waals surface area contributed by atoms with E-state index in [2.05, 4.69) is 42.5 Å². The van der Waals surface area contributed by atoms with Gasteiger partial charge in [-0.2, -0.15) is 0 Å². The molecule has 0 saturated heterocycles. The molecule has 0 aliphatic heterocycles. The fourth-order valence-corrected chi connectivity index (χ4v) is 3.81. The Bertz CT molecular complexity index is 671. The van der Waals surface area contributed by atoms with Crippen molar-refractivity contribution in [3.63, 3.8) is 0 Å². The molecule has 2 heterocycles. The van der Waals surface area contributed by atoms with Gasteiger partial charge in [0, 0.05) is 23.2 Å². The molecule has 2 aliphatic carbocycles. The molecule has 2 heteroatoms. The molecule has 2 aromatic rings. The lowest BCUT2D eigenvalue weighted by atomic mass is 9.82. The van der Waals surface area contributed by atoms with Crippen LogP contribution in [0.4, 0.5) is 0 Å². The Hall–Kier alpha value is -1.96. The van der Waals surface area contributed by atoms with Crippen molar-refractivity contribution in [1.29, 1.82) is 0 Å². The summed E-state index contributed by atoms with van der Waals surface area (Å²) in [5.41, 5.74) is 6.22. The predicted octanol–water partition coefficient (Wildman–Crippen LogP) is 3.73. The molecule has 0 aromatic carbocycles. The van der Waals surface area contributed by atoms with Crippen molar-refractivity contribution in [1.82, 2.24) is 9.97 Å². The molecule has 0 amide bonds. The van der Waals surface area contributed by atoms with E-state index >= 15 is 0 Å². The van der Waals surface area contributed by atoms with Crippen molar-refractivity contribution in [2.75, 3.05) is 0 Å². The molecule has 19 heavy (non-hydrogen) atoms. The van der Waals surface area contributed by atoms with Crippen LogP contribution < -0.4 is 0 Å². The SMILES string of the molecule is C=C(C)C1(C)CC12c1cccnc1-c1ncccc12. The third-order valence-corrected chi connectivity index (χ3v) is 5.14. The maximum atomic E-state index is 4.57. The Morgan fingerprint density at radius 3 is 2.05 bits per heavy atom. The second kappa shape index (κ2) is 3.13. The van der Waals surface area contributed by atoms with Gasteiger partial charge in [-0.3, -0.25) is 9.97 Å². The highest BCUT2D eigenvalue weighted by Gasteiger charge is 2.70. The lowest BCUT2D eigenvalue weighted by molar-refractivity contribution is 0.591. The number of allylic oxidation sites excluding steroid dienone is 1. The van der Waals surface area contributed by atoms with E-state index in [0.717, 1.165) is 17.8 Å². The van der Waals surface area contributed by atoms with Crippen LogP contribution in [-0.2, 0) is 5.41 Å². The van der Waals surface area contributed by atoms with Crippen LogP contribution in [-0.4, -0.2) is 9.97 Å². The Morgan fingerprint density at radius 1 is 1.11 bits per heavy atom. The van der Waals surface area contributed by atoms with Crippen LogP contribution in [0, 0.1) is 5.41 Å². The van der Waals surface area contributed by atoms with E-state index < -0.39 is 0 Å². The van der Waals surface area contributed by atoms with Gasteiger partial charge in [0.2, 0.25) is 0 Å². The first-order valence-corrected chi connectivity index (χ1v) is 6.68. The molecule has 1 fully saturated rings. The van der Waals surface area contributed by atoms with Crippen LogP contribution in [0.1, 0.15) is 31.4 Å². The van der Waals surface area contributed by atoms with Gasteiger partial charge >= 0.3 is 0 Å². The average molecular weight is 248 g/mol. The number of fused-ring (bicyclic) bond motifs is 5. The summed E-state index contributed by atoms with van der Waals surface area (Å²) in [7, 11) is 0. The van der Waals surface area contributed by atoms with E-state index in [9.17, 15) is 0 Å². The van der Waals surface area contributed by atoms with Crippen molar-refractivity contribution in [3.8, 4) is 11.4 Å². The first-order chi connectivity index (χ1) is 9.11. The molecule has 1 spiro atoms. The van der Waals surface area contributed by atoms with E-state index in [1.807, 2.05) is 24.5 Å². The zero-order valence-electron chi connectivity index (χ0n) is 11.3. The summed E-state index contributed by atoms with van der Waals surface area (Å²) in [6.45, 7) is 8.66. The Balaban J connectivity index is 2.07. The van der Waals surface area contributed by atoms with Gasteiger partial charge < -0.3 is 0 Å². The van der Waals surface area contributed by atoms with Crippen molar-refractivity contribution >= 4 is 0 Å². The van der Waals surface area contributed by atoms with Crippen LogP contribution in [0.5, 0.6) is 0 Å². The normalized spacial score (nSPS) is 24.9. The maximum Gasteiger partial charge on any atom is 0.0930 e. The smallest absolute Gasteiger partial charge is 0.0930 e. The molecule has 2 nitrogen and oxygen atoms in total. The molecule has 0 bridgehead atoms. The van der Waals surface area contributed by atoms with E-state index in [0.29, 0.717) is 0 Å². The molecule has 2 aromatic heterocycles. The highest BCUT2D eigenvalue weighted by Crippen LogP contribution is 2.75. The van der Waals surface area contributed by atoms with Crippen LogP contribution in [0.2, 0.25) is 0 Å².